The Hall–Kier alpha value is -1.37. The van der Waals surface area contributed by atoms with E-state index >= 15 is 0 Å². The number of halogens is 1. The highest BCUT2D eigenvalue weighted by atomic mass is 35.5. The molecule has 1 N–H and O–H groups in total. The predicted octanol–water partition coefficient (Wildman–Crippen LogP) is 1.79. The molecule has 0 bridgehead atoms. The fraction of sp³-hybridized carbons (Fsp3) is 0.333. The summed E-state index contributed by atoms with van der Waals surface area (Å²) in [5, 5.41) is 9.08. The van der Waals surface area contributed by atoms with Crippen molar-refractivity contribution in [2.45, 2.75) is 6.61 Å². The minimum Gasteiger partial charge on any atom is -0.495 e. The number of alkyl halides is 1. The second-order valence-electron chi connectivity index (χ2n) is 2.97. The fourth-order valence-corrected chi connectivity index (χ4v) is 1.37. The number of hydrogen-bond acceptors (Lipinski definition) is 3. The van der Waals surface area contributed by atoms with E-state index in [-0.39, 0.29) is 12.5 Å². The fourth-order valence-electron chi connectivity index (χ4n) is 1.30. The molecule has 0 radical (unpaired) electrons. The first kappa shape index (κ1) is 12.7. The number of aliphatic hydroxyl groups excluding tert-OH is 1. The Kier molecular flexibility index (Phi) is 4.97. The summed E-state index contributed by atoms with van der Waals surface area (Å²) in [5.41, 5.74) is 1.35. The standard InChI is InChI=1S/C12H13ClO3/c1-15-11-6-9(8-14)7-12(16-2)10(11)4-3-5-13/h6-7,14H,5,8H2,1-2H3. The quantitative estimate of drug-likeness (QED) is 0.647. The molecule has 0 saturated heterocycles. The van der Waals surface area contributed by atoms with Crippen LogP contribution in [0.3, 0.4) is 0 Å². The molecule has 0 saturated carbocycles. The Bertz CT molecular complexity index is 393. The molecule has 0 heterocycles. The smallest absolute Gasteiger partial charge is 0.138 e. The largest absolute Gasteiger partial charge is 0.495 e. The average Bonchev–Trinajstić information content (AvgIpc) is 2.35. The van der Waals surface area contributed by atoms with Gasteiger partial charge < -0.3 is 14.6 Å². The van der Waals surface area contributed by atoms with Crippen LogP contribution in [0.1, 0.15) is 11.1 Å². The van der Waals surface area contributed by atoms with Gasteiger partial charge in [0.25, 0.3) is 0 Å². The highest BCUT2D eigenvalue weighted by molar-refractivity contribution is 6.19. The molecule has 0 spiro atoms. The van der Waals surface area contributed by atoms with E-state index in [0.717, 1.165) is 0 Å². The van der Waals surface area contributed by atoms with E-state index in [1.807, 2.05) is 0 Å². The van der Waals surface area contributed by atoms with Crippen LogP contribution < -0.4 is 9.47 Å². The Morgan fingerprint density at radius 3 is 2.19 bits per heavy atom. The van der Waals surface area contributed by atoms with Crippen molar-refractivity contribution in [3.05, 3.63) is 23.3 Å². The molecule has 16 heavy (non-hydrogen) atoms. The summed E-state index contributed by atoms with van der Waals surface area (Å²) in [6, 6.07) is 3.45. The minimum absolute atomic E-state index is 0.0735. The zero-order valence-corrected chi connectivity index (χ0v) is 9.97. The molecule has 0 aromatic heterocycles. The van der Waals surface area contributed by atoms with E-state index in [2.05, 4.69) is 11.8 Å². The maximum absolute atomic E-state index is 9.08. The number of hydrogen-bond donors (Lipinski definition) is 1. The highest BCUT2D eigenvalue weighted by Gasteiger charge is 2.10. The maximum atomic E-state index is 9.08. The van der Waals surface area contributed by atoms with Gasteiger partial charge in [-0.05, 0) is 17.7 Å². The molecule has 1 rings (SSSR count). The van der Waals surface area contributed by atoms with Crippen LogP contribution in [0, 0.1) is 11.8 Å². The Balaban J connectivity index is 3.31. The van der Waals surface area contributed by atoms with Crippen molar-refractivity contribution in [3.8, 4) is 23.3 Å². The van der Waals surface area contributed by atoms with Gasteiger partial charge in [-0.25, -0.2) is 0 Å². The lowest BCUT2D eigenvalue weighted by molar-refractivity contribution is 0.280. The van der Waals surface area contributed by atoms with Crippen LogP contribution in [0.5, 0.6) is 11.5 Å². The van der Waals surface area contributed by atoms with Crippen LogP contribution in [-0.4, -0.2) is 25.2 Å². The first-order valence-corrected chi connectivity index (χ1v) is 5.20. The van der Waals surface area contributed by atoms with Gasteiger partial charge in [0.15, 0.2) is 0 Å². The molecular formula is C12H13ClO3. The summed E-state index contributed by atoms with van der Waals surface area (Å²) in [4.78, 5) is 0. The van der Waals surface area contributed by atoms with E-state index in [1.54, 1.807) is 26.4 Å². The van der Waals surface area contributed by atoms with E-state index in [4.69, 9.17) is 26.2 Å². The molecule has 86 valence electrons. The molecule has 0 aliphatic heterocycles. The molecule has 1 aromatic rings. The second-order valence-corrected chi connectivity index (χ2v) is 3.24. The van der Waals surface area contributed by atoms with Crippen molar-refractivity contribution in [3.63, 3.8) is 0 Å². The summed E-state index contributed by atoms with van der Waals surface area (Å²) >= 11 is 5.51. The summed E-state index contributed by atoms with van der Waals surface area (Å²) in [6.07, 6.45) is 0. The first-order chi connectivity index (χ1) is 7.76. The van der Waals surface area contributed by atoms with Gasteiger partial charge in [0, 0.05) is 0 Å². The normalized spacial score (nSPS) is 9.25. The minimum atomic E-state index is -0.0735. The Morgan fingerprint density at radius 1 is 1.25 bits per heavy atom. The van der Waals surface area contributed by atoms with E-state index < -0.39 is 0 Å². The van der Waals surface area contributed by atoms with E-state index in [1.165, 1.54) is 0 Å². The number of rotatable bonds is 3. The van der Waals surface area contributed by atoms with Crippen molar-refractivity contribution in [2.75, 3.05) is 20.1 Å². The van der Waals surface area contributed by atoms with E-state index in [0.29, 0.717) is 22.6 Å². The van der Waals surface area contributed by atoms with Crippen LogP contribution >= 0.6 is 11.6 Å². The lowest BCUT2D eigenvalue weighted by Crippen LogP contribution is -1.96. The van der Waals surface area contributed by atoms with Gasteiger partial charge in [-0.1, -0.05) is 11.8 Å². The van der Waals surface area contributed by atoms with E-state index in [9.17, 15) is 0 Å². The summed E-state index contributed by atoms with van der Waals surface area (Å²) < 4.78 is 10.4. The van der Waals surface area contributed by atoms with Crippen molar-refractivity contribution in [1.82, 2.24) is 0 Å². The third-order valence-electron chi connectivity index (χ3n) is 2.03. The molecule has 0 atom stereocenters. The van der Waals surface area contributed by atoms with Crippen LogP contribution in [0.25, 0.3) is 0 Å². The first-order valence-electron chi connectivity index (χ1n) is 4.67. The van der Waals surface area contributed by atoms with Gasteiger partial charge in [0.05, 0.1) is 26.7 Å². The molecule has 3 nitrogen and oxygen atoms in total. The number of methoxy groups -OCH3 is 2. The number of aliphatic hydroxyl groups is 1. The lowest BCUT2D eigenvalue weighted by Gasteiger charge is -2.10. The third-order valence-corrected chi connectivity index (χ3v) is 2.16. The topological polar surface area (TPSA) is 38.7 Å². The van der Waals surface area contributed by atoms with Gasteiger partial charge in [0.1, 0.15) is 17.1 Å². The van der Waals surface area contributed by atoms with Gasteiger partial charge in [-0.3, -0.25) is 0 Å². The summed E-state index contributed by atoms with van der Waals surface area (Å²) in [7, 11) is 3.09. The summed E-state index contributed by atoms with van der Waals surface area (Å²) in [6.45, 7) is -0.0735. The van der Waals surface area contributed by atoms with Gasteiger partial charge in [-0.2, -0.15) is 0 Å². The lowest BCUT2D eigenvalue weighted by atomic mass is 10.1. The van der Waals surface area contributed by atoms with Gasteiger partial charge >= 0.3 is 0 Å². The predicted molar refractivity (Wildman–Crippen MR) is 63.1 cm³/mol. The molecule has 0 fully saturated rings. The zero-order chi connectivity index (χ0) is 12.0. The van der Waals surface area contributed by atoms with Crippen LogP contribution in [0.2, 0.25) is 0 Å². The van der Waals surface area contributed by atoms with Crippen molar-refractivity contribution in [1.29, 1.82) is 0 Å². The van der Waals surface area contributed by atoms with Crippen molar-refractivity contribution < 1.29 is 14.6 Å². The molecule has 4 heteroatoms. The Labute approximate surface area is 99.9 Å². The molecule has 0 amide bonds. The second kappa shape index (κ2) is 6.26. The maximum Gasteiger partial charge on any atom is 0.138 e. The van der Waals surface area contributed by atoms with Crippen LogP contribution in [0.4, 0.5) is 0 Å². The van der Waals surface area contributed by atoms with Crippen LogP contribution in [0.15, 0.2) is 12.1 Å². The summed E-state index contributed by atoms with van der Waals surface area (Å²) in [5.74, 6) is 7.00. The number of ether oxygens (including phenoxy) is 2. The molecule has 1 aromatic carbocycles. The van der Waals surface area contributed by atoms with Gasteiger partial charge in [-0.15, -0.1) is 11.6 Å². The molecular weight excluding hydrogens is 228 g/mol. The molecule has 0 unspecified atom stereocenters. The van der Waals surface area contributed by atoms with Crippen molar-refractivity contribution in [2.24, 2.45) is 0 Å². The average molecular weight is 241 g/mol. The van der Waals surface area contributed by atoms with Crippen molar-refractivity contribution >= 4 is 11.6 Å². The molecule has 0 aliphatic rings. The van der Waals surface area contributed by atoms with Crippen LogP contribution in [-0.2, 0) is 6.61 Å². The monoisotopic (exact) mass is 240 g/mol. The third kappa shape index (κ3) is 2.82. The highest BCUT2D eigenvalue weighted by Crippen LogP contribution is 2.29. The number of benzene rings is 1. The Morgan fingerprint density at radius 2 is 1.81 bits per heavy atom. The molecule has 0 aliphatic carbocycles. The zero-order valence-electron chi connectivity index (χ0n) is 9.21. The van der Waals surface area contributed by atoms with Gasteiger partial charge in [0.2, 0.25) is 0 Å². The SMILES string of the molecule is COc1cc(CO)cc(OC)c1C#CCCl.